The van der Waals surface area contributed by atoms with Crippen molar-refractivity contribution in [2.75, 3.05) is 12.4 Å². The average Bonchev–Trinajstić information content (AvgIpc) is 2.60. The molecule has 0 aliphatic carbocycles. The van der Waals surface area contributed by atoms with Gasteiger partial charge in [-0.15, -0.1) is 0 Å². The number of ether oxygens (including phenoxy) is 1. The number of hydrogen-bond donors (Lipinski definition) is 2. The van der Waals surface area contributed by atoms with Gasteiger partial charge in [0, 0.05) is 12.2 Å². The Labute approximate surface area is 142 Å². The highest BCUT2D eigenvalue weighted by atomic mass is 16.5. The summed E-state index contributed by atoms with van der Waals surface area (Å²) in [5.41, 5.74) is 0.421. The Morgan fingerprint density at radius 1 is 0.958 bits per heavy atom. The van der Waals surface area contributed by atoms with E-state index in [0.717, 1.165) is 11.3 Å². The van der Waals surface area contributed by atoms with E-state index in [-0.39, 0.29) is 11.8 Å². The summed E-state index contributed by atoms with van der Waals surface area (Å²) in [4.78, 5) is 24.8. The lowest BCUT2D eigenvalue weighted by molar-refractivity contribution is -0.138. The monoisotopic (exact) mass is 326 g/mol. The van der Waals surface area contributed by atoms with Crippen LogP contribution < -0.4 is 15.4 Å². The molecule has 0 radical (unpaired) electrons. The molecule has 0 aliphatic rings. The van der Waals surface area contributed by atoms with Gasteiger partial charge < -0.3 is 15.4 Å². The van der Waals surface area contributed by atoms with E-state index < -0.39 is 5.41 Å². The zero-order valence-electron chi connectivity index (χ0n) is 14.1. The predicted molar refractivity (Wildman–Crippen MR) is 93.7 cm³/mol. The van der Waals surface area contributed by atoms with Crippen molar-refractivity contribution in [3.05, 3.63) is 60.2 Å². The number of benzene rings is 2. The quantitative estimate of drug-likeness (QED) is 0.802. The Hall–Kier alpha value is -2.82. The molecule has 0 bridgehead atoms. The first kappa shape index (κ1) is 17.5. The molecule has 0 aromatic heterocycles. The summed E-state index contributed by atoms with van der Waals surface area (Å²) in [6.07, 6.45) is 0. The summed E-state index contributed by atoms with van der Waals surface area (Å²) < 4.78 is 5.10. The van der Waals surface area contributed by atoms with Crippen molar-refractivity contribution in [1.82, 2.24) is 5.32 Å². The van der Waals surface area contributed by atoms with Crippen molar-refractivity contribution in [3.8, 4) is 5.75 Å². The molecule has 2 N–H and O–H groups in total. The average molecular weight is 326 g/mol. The fourth-order valence-electron chi connectivity index (χ4n) is 2.06. The molecule has 126 valence electrons. The molecule has 0 aliphatic heterocycles. The minimum Gasteiger partial charge on any atom is -0.497 e. The molecule has 0 spiro atoms. The van der Waals surface area contributed by atoms with Crippen molar-refractivity contribution in [1.29, 1.82) is 0 Å². The summed E-state index contributed by atoms with van der Waals surface area (Å²) in [6.45, 7) is 3.56. The minimum absolute atomic E-state index is 0.327. The minimum atomic E-state index is -1.18. The smallest absolute Gasteiger partial charge is 0.239 e. The van der Waals surface area contributed by atoms with Crippen LogP contribution in [-0.4, -0.2) is 18.9 Å². The SMILES string of the molecule is COc1ccc(CNC(=O)C(C)(C)C(=O)Nc2ccccc2)cc1. The van der Waals surface area contributed by atoms with Crippen LogP contribution in [0, 0.1) is 5.41 Å². The molecular weight excluding hydrogens is 304 g/mol. The topological polar surface area (TPSA) is 67.4 Å². The van der Waals surface area contributed by atoms with Gasteiger partial charge in [0.2, 0.25) is 11.8 Å². The Morgan fingerprint density at radius 2 is 1.58 bits per heavy atom. The molecule has 0 unspecified atom stereocenters. The summed E-state index contributed by atoms with van der Waals surface area (Å²) in [5, 5.41) is 5.56. The highest BCUT2D eigenvalue weighted by molar-refractivity contribution is 6.09. The number of methoxy groups -OCH3 is 1. The van der Waals surface area contributed by atoms with Crippen molar-refractivity contribution >= 4 is 17.5 Å². The first-order chi connectivity index (χ1) is 11.4. The van der Waals surface area contributed by atoms with Crippen LogP contribution in [0.25, 0.3) is 0 Å². The second-order valence-electron chi connectivity index (χ2n) is 5.98. The first-order valence-corrected chi connectivity index (χ1v) is 7.71. The van der Waals surface area contributed by atoms with Crippen LogP contribution in [0.3, 0.4) is 0 Å². The van der Waals surface area contributed by atoms with E-state index in [1.165, 1.54) is 0 Å². The molecule has 5 heteroatoms. The molecule has 24 heavy (non-hydrogen) atoms. The molecule has 0 fully saturated rings. The van der Waals surface area contributed by atoms with Crippen molar-refractivity contribution in [2.24, 2.45) is 5.41 Å². The summed E-state index contributed by atoms with van der Waals surface area (Å²) in [6, 6.07) is 16.5. The van der Waals surface area contributed by atoms with Crippen LogP contribution in [0.15, 0.2) is 54.6 Å². The fourth-order valence-corrected chi connectivity index (χ4v) is 2.06. The number of carbonyl (C=O) groups is 2. The Balaban J connectivity index is 1.94. The van der Waals surface area contributed by atoms with Crippen LogP contribution in [0.4, 0.5) is 5.69 Å². The molecular formula is C19H22N2O3. The Bertz CT molecular complexity index is 694. The van der Waals surface area contributed by atoms with Crippen molar-refractivity contribution < 1.29 is 14.3 Å². The van der Waals surface area contributed by atoms with E-state index in [2.05, 4.69) is 10.6 Å². The molecule has 5 nitrogen and oxygen atoms in total. The first-order valence-electron chi connectivity index (χ1n) is 7.71. The molecule has 0 atom stereocenters. The maximum Gasteiger partial charge on any atom is 0.239 e. The number of amides is 2. The second-order valence-corrected chi connectivity index (χ2v) is 5.98. The van der Waals surface area contributed by atoms with E-state index in [9.17, 15) is 9.59 Å². The van der Waals surface area contributed by atoms with E-state index in [4.69, 9.17) is 4.74 Å². The van der Waals surface area contributed by atoms with Gasteiger partial charge in [0.25, 0.3) is 0 Å². The fraction of sp³-hybridized carbons (Fsp3) is 0.263. The third-order valence-electron chi connectivity index (χ3n) is 3.78. The molecule has 0 saturated heterocycles. The standard InChI is InChI=1S/C19H22N2O3/c1-19(2,18(23)21-15-7-5-4-6-8-15)17(22)20-13-14-9-11-16(24-3)12-10-14/h4-12H,13H2,1-3H3,(H,20,22)(H,21,23). The number of para-hydroxylation sites is 1. The Morgan fingerprint density at radius 3 is 2.17 bits per heavy atom. The van der Waals surface area contributed by atoms with E-state index >= 15 is 0 Å². The maximum absolute atomic E-state index is 12.4. The van der Waals surface area contributed by atoms with E-state index in [1.54, 1.807) is 33.1 Å². The molecule has 0 heterocycles. The lowest BCUT2D eigenvalue weighted by atomic mass is 9.91. The van der Waals surface area contributed by atoms with Gasteiger partial charge in [0.05, 0.1) is 7.11 Å². The van der Waals surface area contributed by atoms with Crippen molar-refractivity contribution in [3.63, 3.8) is 0 Å². The predicted octanol–water partition coefficient (Wildman–Crippen LogP) is 2.98. The van der Waals surface area contributed by atoms with Crippen LogP contribution in [0.2, 0.25) is 0 Å². The number of nitrogens with one attached hydrogen (secondary N) is 2. The largest absolute Gasteiger partial charge is 0.497 e. The van der Waals surface area contributed by atoms with Crippen molar-refractivity contribution in [2.45, 2.75) is 20.4 Å². The molecule has 2 aromatic carbocycles. The zero-order chi connectivity index (χ0) is 17.6. The van der Waals surface area contributed by atoms with Gasteiger partial charge in [-0.05, 0) is 43.7 Å². The van der Waals surface area contributed by atoms with E-state index in [0.29, 0.717) is 12.2 Å². The van der Waals surface area contributed by atoms with Gasteiger partial charge >= 0.3 is 0 Å². The zero-order valence-corrected chi connectivity index (χ0v) is 14.1. The van der Waals surface area contributed by atoms with Crippen LogP contribution in [0.1, 0.15) is 19.4 Å². The number of rotatable bonds is 6. The third-order valence-corrected chi connectivity index (χ3v) is 3.78. The second kappa shape index (κ2) is 7.64. The van der Waals surface area contributed by atoms with Gasteiger partial charge in [0.15, 0.2) is 0 Å². The Kier molecular flexibility index (Phi) is 5.58. The lowest BCUT2D eigenvalue weighted by Crippen LogP contribution is -2.44. The normalized spacial score (nSPS) is 10.8. The maximum atomic E-state index is 12.4. The van der Waals surface area contributed by atoms with Gasteiger partial charge in [-0.1, -0.05) is 30.3 Å². The molecule has 2 aromatic rings. The lowest BCUT2D eigenvalue weighted by Gasteiger charge is -2.22. The van der Waals surface area contributed by atoms with Gasteiger partial charge in [-0.2, -0.15) is 0 Å². The van der Waals surface area contributed by atoms with Gasteiger partial charge in [0.1, 0.15) is 11.2 Å². The summed E-state index contributed by atoms with van der Waals surface area (Å²) in [7, 11) is 1.60. The molecule has 2 rings (SSSR count). The molecule has 0 saturated carbocycles. The summed E-state index contributed by atoms with van der Waals surface area (Å²) in [5.74, 6) is 0.0836. The number of hydrogen-bond acceptors (Lipinski definition) is 3. The molecule has 2 amide bonds. The summed E-state index contributed by atoms with van der Waals surface area (Å²) >= 11 is 0. The number of anilines is 1. The van der Waals surface area contributed by atoms with Gasteiger partial charge in [-0.3, -0.25) is 9.59 Å². The number of carbonyl (C=O) groups excluding carboxylic acids is 2. The van der Waals surface area contributed by atoms with Crippen LogP contribution in [-0.2, 0) is 16.1 Å². The van der Waals surface area contributed by atoms with E-state index in [1.807, 2.05) is 42.5 Å². The van der Waals surface area contributed by atoms with Gasteiger partial charge in [-0.25, -0.2) is 0 Å². The van der Waals surface area contributed by atoms with Crippen LogP contribution in [0.5, 0.6) is 5.75 Å². The highest BCUT2D eigenvalue weighted by Gasteiger charge is 2.35. The highest BCUT2D eigenvalue weighted by Crippen LogP contribution is 2.19. The third kappa shape index (κ3) is 4.35. The van der Waals surface area contributed by atoms with Crippen LogP contribution >= 0.6 is 0 Å².